The molecule has 1 aliphatic carbocycles. The highest BCUT2D eigenvalue weighted by Gasteiger charge is 2.61. The van der Waals surface area contributed by atoms with Crippen LogP contribution in [0.25, 0.3) is 5.76 Å². The number of carboxylic acid groups (broad SMARTS) is 1. The molecule has 0 spiro atoms. The van der Waals surface area contributed by atoms with Crippen molar-refractivity contribution in [3.8, 4) is 0 Å². The molecule has 2 amide bonds. The van der Waals surface area contributed by atoms with Crippen LogP contribution in [0.4, 0.5) is 5.69 Å². The molecule has 0 aromatic heterocycles. The van der Waals surface area contributed by atoms with E-state index in [2.05, 4.69) is 4.99 Å². The fourth-order valence-corrected chi connectivity index (χ4v) is 4.93. The van der Waals surface area contributed by atoms with Crippen LogP contribution in [-0.4, -0.2) is 45.5 Å². The average Bonchev–Trinajstić information content (AvgIpc) is 3.34. The third-order valence-corrected chi connectivity index (χ3v) is 6.35. The number of carboxylic acids is 1. The quantitative estimate of drug-likeness (QED) is 0.663. The highest BCUT2D eigenvalue weighted by Crippen LogP contribution is 2.45. The number of allylic oxidation sites excluding steroid dienone is 1. The number of carbonyl (C=O) groups excluding carboxylic acids is 3. The number of Topliss-reactive ketones (excluding diaryl/α,β-unsaturated/α-hetero) is 1. The lowest BCUT2D eigenvalue weighted by atomic mass is 9.85. The summed E-state index contributed by atoms with van der Waals surface area (Å²) >= 11 is 12.1. The number of aliphatic hydroxyl groups is 1. The van der Waals surface area contributed by atoms with Gasteiger partial charge in [-0.15, -0.1) is 0 Å². The summed E-state index contributed by atoms with van der Waals surface area (Å²) in [5, 5.41) is 20.7. The van der Waals surface area contributed by atoms with Crippen LogP contribution < -0.4 is 4.90 Å². The lowest BCUT2D eigenvalue weighted by molar-refractivity contribution is -0.141. The number of ketones is 1. The molecule has 2 N–H and O–H groups in total. The Kier molecular flexibility index (Phi) is 4.47. The van der Waals surface area contributed by atoms with Crippen molar-refractivity contribution in [3.63, 3.8) is 0 Å². The Hall–Kier alpha value is -3.49. The minimum Gasteiger partial charge on any atom is -0.506 e. The molecule has 10 heteroatoms. The first-order valence-electron chi connectivity index (χ1n) is 9.43. The summed E-state index contributed by atoms with van der Waals surface area (Å²) in [6, 6.07) is 8.83. The molecule has 1 saturated heterocycles. The van der Waals surface area contributed by atoms with Gasteiger partial charge >= 0.3 is 5.97 Å². The summed E-state index contributed by atoms with van der Waals surface area (Å²) in [5.41, 5.74) is 0.0117. The third-order valence-electron chi connectivity index (χ3n) is 5.81. The fourth-order valence-electron chi connectivity index (χ4n) is 4.44. The third kappa shape index (κ3) is 2.66. The van der Waals surface area contributed by atoms with Gasteiger partial charge in [-0.2, -0.15) is 0 Å². The molecular formula is C22H12Cl2N2O6. The molecule has 8 nitrogen and oxygen atoms in total. The van der Waals surface area contributed by atoms with Crippen LogP contribution in [0.2, 0.25) is 10.0 Å². The molecule has 2 aliphatic heterocycles. The largest absolute Gasteiger partial charge is 0.506 e. The lowest BCUT2D eigenvalue weighted by Crippen LogP contribution is -2.36. The molecule has 3 aliphatic rings. The molecule has 3 unspecified atom stereocenters. The van der Waals surface area contributed by atoms with Gasteiger partial charge in [0.1, 0.15) is 5.76 Å². The second-order valence-electron chi connectivity index (χ2n) is 7.51. The molecule has 1 fully saturated rings. The van der Waals surface area contributed by atoms with Crippen LogP contribution in [0.3, 0.4) is 0 Å². The molecule has 2 aromatic rings. The number of anilines is 1. The van der Waals surface area contributed by atoms with Crippen molar-refractivity contribution in [1.29, 1.82) is 0 Å². The van der Waals surface area contributed by atoms with Crippen molar-refractivity contribution in [2.45, 2.75) is 6.04 Å². The van der Waals surface area contributed by atoms with Gasteiger partial charge < -0.3 is 10.2 Å². The second-order valence-corrected chi connectivity index (χ2v) is 8.35. The van der Waals surface area contributed by atoms with Crippen LogP contribution in [0.15, 0.2) is 53.0 Å². The van der Waals surface area contributed by atoms with E-state index < -0.39 is 47.2 Å². The van der Waals surface area contributed by atoms with E-state index in [1.165, 1.54) is 30.3 Å². The molecule has 160 valence electrons. The minimum absolute atomic E-state index is 0.0240. The monoisotopic (exact) mass is 470 g/mol. The fraction of sp³-hybridized carbons (Fsp3) is 0.136. The topological polar surface area (TPSA) is 124 Å². The Bertz CT molecular complexity index is 1330. The number of hydrogen-bond donors (Lipinski definition) is 2. The number of aliphatic carboxylic acids is 1. The standard InChI is InChI=1S/C22H12Cl2N2O6/c23-8-5-6-12(11(24)7-8)26-20(29)13-14(21(26)30)17(22(31)32)25-16(13)15-18(27)9-3-1-2-4-10(9)19(15)28/h1-7,13-14,17,27H,(H,31,32). The van der Waals surface area contributed by atoms with Crippen LogP contribution in [0, 0.1) is 11.8 Å². The number of benzene rings is 2. The highest BCUT2D eigenvalue weighted by atomic mass is 35.5. The van der Waals surface area contributed by atoms with Gasteiger partial charge in [0.15, 0.2) is 11.8 Å². The summed E-state index contributed by atoms with van der Waals surface area (Å²) in [6.07, 6.45) is 0. The number of hydrogen-bond acceptors (Lipinski definition) is 6. The van der Waals surface area contributed by atoms with Gasteiger partial charge in [-0.05, 0) is 18.2 Å². The van der Waals surface area contributed by atoms with Gasteiger partial charge in [-0.1, -0.05) is 47.5 Å². The summed E-state index contributed by atoms with van der Waals surface area (Å²) < 4.78 is 0. The highest BCUT2D eigenvalue weighted by molar-refractivity contribution is 6.44. The van der Waals surface area contributed by atoms with Crippen molar-refractivity contribution in [2.24, 2.45) is 16.8 Å². The average molecular weight is 471 g/mol. The van der Waals surface area contributed by atoms with Gasteiger partial charge in [0.2, 0.25) is 11.8 Å². The molecule has 0 bridgehead atoms. The smallest absolute Gasteiger partial charge is 0.329 e. The van der Waals surface area contributed by atoms with Gasteiger partial charge in [0, 0.05) is 16.1 Å². The summed E-state index contributed by atoms with van der Waals surface area (Å²) in [6.45, 7) is 0. The number of carbonyl (C=O) groups is 4. The van der Waals surface area contributed by atoms with Crippen molar-refractivity contribution >= 4 is 63.9 Å². The molecule has 0 saturated carbocycles. The van der Waals surface area contributed by atoms with E-state index in [0.717, 1.165) is 4.90 Å². The van der Waals surface area contributed by atoms with E-state index in [1.807, 2.05) is 0 Å². The zero-order chi connectivity index (χ0) is 22.9. The van der Waals surface area contributed by atoms with E-state index in [4.69, 9.17) is 23.2 Å². The number of nitrogens with zero attached hydrogens (tertiary/aromatic N) is 2. The maximum absolute atomic E-state index is 13.4. The first kappa shape index (κ1) is 20.4. The number of aliphatic imine (C=N–C) groups is 1. The number of aliphatic hydroxyl groups excluding tert-OH is 1. The second kappa shape index (κ2) is 7.01. The van der Waals surface area contributed by atoms with Crippen LogP contribution >= 0.6 is 23.2 Å². The maximum atomic E-state index is 13.4. The van der Waals surface area contributed by atoms with Crippen LogP contribution in [-0.2, 0) is 14.4 Å². The summed E-state index contributed by atoms with van der Waals surface area (Å²) in [5.74, 6) is -6.75. The Morgan fingerprint density at radius 2 is 1.69 bits per heavy atom. The molecular weight excluding hydrogens is 459 g/mol. The van der Waals surface area contributed by atoms with Gasteiger partial charge in [-0.3, -0.25) is 19.4 Å². The van der Waals surface area contributed by atoms with E-state index in [9.17, 15) is 29.4 Å². The number of imide groups is 1. The Morgan fingerprint density at radius 1 is 1.00 bits per heavy atom. The number of amides is 2. The van der Waals surface area contributed by atoms with Crippen molar-refractivity contribution in [3.05, 3.63) is 69.2 Å². The summed E-state index contributed by atoms with van der Waals surface area (Å²) in [4.78, 5) is 56.3. The first-order chi connectivity index (χ1) is 15.2. The normalized spacial score (nSPS) is 24.2. The van der Waals surface area contributed by atoms with Crippen molar-refractivity contribution in [1.82, 2.24) is 0 Å². The van der Waals surface area contributed by atoms with Crippen LogP contribution in [0.1, 0.15) is 15.9 Å². The Balaban J connectivity index is 1.65. The van der Waals surface area contributed by atoms with E-state index in [-0.39, 0.29) is 38.1 Å². The molecule has 32 heavy (non-hydrogen) atoms. The first-order valence-corrected chi connectivity index (χ1v) is 10.2. The molecule has 5 rings (SSSR count). The number of rotatable bonds is 3. The van der Waals surface area contributed by atoms with Gasteiger partial charge in [0.05, 0.1) is 33.8 Å². The van der Waals surface area contributed by atoms with Crippen molar-refractivity contribution in [2.75, 3.05) is 4.90 Å². The van der Waals surface area contributed by atoms with E-state index >= 15 is 0 Å². The lowest BCUT2D eigenvalue weighted by Gasteiger charge is -2.18. The maximum Gasteiger partial charge on any atom is 0.329 e. The molecule has 0 radical (unpaired) electrons. The Morgan fingerprint density at radius 3 is 2.31 bits per heavy atom. The van der Waals surface area contributed by atoms with E-state index in [0.29, 0.717) is 0 Å². The number of fused-ring (bicyclic) bond motifs is 2. The zero-order valence-electron chi connectivity index (χ0n) is 16.0. The Labute approximate surface area is 190 Å². The SMILES string of the molecule is O=C1C(C2=NC(C(=O)O)C3C(=O)N(c4ccc(Cl)cc4Cl)C(=O)C23)=C(O)c2ccccc21. The van der Waals surface area contributed by atoms with Crippen LogP contribution in [0.5, 0.6) is 0 Å². The van der Waals surface area contributed by atoms with Gasteiger partial charge in [-0.25, -0.2) is 9.69 Å². The molecule has 2 heterocycles. The molecule has 3 atom stereocenters. The predicted molar refractivity (Wildman–Crippen MR) is 115 cm³/mol. The van der Waals surface area contributed by atoms with Gasteiger partial charge in [0.25, 0.3) is 0 Å². The number of halogens is 2. The van der Waals surface area contributed by atoms with Crippen molar-refractivity contribution < 1.29 is 29.4 Å². The van der Waals surface area contributed by atoms with E-state index in [1.54, 1.807) is 12.1 Å². The summed E-state index contributed by atoms with van der Waals surface area (Å²) in [7, 11) is 0. The minimum atomic E-state index is -1.60. The zero-order valence-corrected chi connectivity index (χ0v) is 17.5. The predicted octanol–water partition coefficient (Wildman–Crippen LogP) is 3.17. The molecule has 2 aromatic carbocycles.